The molecule has 0 aromatic rings. The zero-order chi connectivity index (χ0) is 20.4. The fourth-order valence-corrected chi connectivity index (χ4v) is 4.13. The molecule has 4 rings (SSSR count). The van der Waals surface area contributed by atoms with Crippen LogP contribution in [0.15, 0.2) is 11.3 Å². The van der Waals surface area contributed by atoms with Gasteiger partial charge in [-0.2, -0.15) is 13.2 Å². The number of hydrogen-bond acceptors (Lipinski definition) is 5. The Balaban J connectivity index is 0.00000160. The second-order valence-electron chi connectivity index (χ2n) is 7.32. The number of carbonyl (C=O) groups excluding carboxylic acids is 3. The summed E-state index contributed by atoms with van der Waals surface area (Å²) in [5, 5.41) is 12.1. The minimum atomic E-state index is -5.12. The zero-order valence-electron chi connectivity index (χ0n) is 16.4. The molecule has 13 heteroatoms. The van der Waals surface area contributed by atoms with Gasteiger partial charge in [-0.05, 0) is 24.8 Å². The Morgan fingerprint density at radius 2 is 1.93 bits per heavy atom. The third-order valence-electron chi connectivity index (χ3n) is 5.43. The Morgan fingerprint density at radius 1 is 1.28 bits per heavy atom. The maximum atomic E-state index is 12.8. The number of aliphatic carboxylic acids is 1. The van der Waals surface area contributed by atoms with Gasteiger partial charge in [0.05, 0.1) is 6.04 Å². The smallest absolute Gasteiger partial charge is 1.00 e. The van der Waals surface area contributed by atoms with Gasteiger partial charge in [0.25, 0.3) is 5.91 Å². The number of rotatable bonds is 4. The number of β-lactam (4-membered cyclic amide) rings is 1. The molecule has 0 unspecified atom stereocenters. The van der Waals surface area contributed by atoms with Gasteiger partial charge in [-0.15, -0.1) is 0 Å². The van der Waals surface area contributed by atoms with Crippen LogP contribution in [-0.4, -0.2) is 76.2 Å². The monoisotopic (exact) mass is 427 g/mol. The van der Waals surface area contributed by atoms with Crippen LogP contribution < -0.4 is 34.9 Å². The van der Waals surface area contributed by atoms with Gasteiger partial charge in [-0.25, -0.2) is 9.59 Å². The minimum absolute atomic E-state index is 0. The average Bonchev–Trinajstić information content (AvgIpc) is 3.33. The molecule has 3 amide bonds. The normalized spacial score (nSPS) is 27.7. The molecule has 0 aromatic heterocycles. The van der Waals surface area contributed by atoms with E-state index in [1.54, 1.807) is 0 Å². The molecule has 1 saturated carbocycles. The first-order valence-electron chi connectivity index (χ1n) is 8.69. The molecule has 0 bridgehead atoms. The van der Waals surface area contributed by atoms with Crippen LogP contribution in [0.5, 0.6) is 0 Å². The summed E-state index contributed by atoms with van der Waals surface area (Å²) in [5.74, 6) is -4.98. The van der Waals surface area contributed by atoms with Crippen LogP contribution >= 0.6 is 0 Å². The van der Waals surface area contributed by atoms with Crippen LogP contribution in [0.4, 0.5) is 18.0 Å². The molecule has 0 radical (unpaired) electrons. The fraction of sp³-hybridized carbons (Fsp3) is 0.625. The van der Waals surface area contributed by atoms with Crippen molar-refractivity contribution in [1.82, 2.24) is 15.1 Å². The maximum absolute atomic E-state index is 12.8. The van der Waals surface area contributed by atoms with Gasteiger partial charge in [0.15, 0.2) is 0 Å². The van der Waals surface area contributed by atoms with E-state index in [1.807, 2.05) is 0 Å². The van der Waals surface area contributed by atoms with Gasteiger partial charge in [0, 0.05) is 18.5 Å². The van der Waals surface area contributed by atoms with Crippen LogP contribution in [0, 0.1) is 5.92 Å². The van der Waals surface area contributed by atoms with Crippen LogP contribution in [0.1, 0.15) is 20.7 Å². The number of halogens is 3. The van der Waals surface area contributed by atoms with E-state index < -0.39 is 54.7 Å². The molecule has 154 valence electrons. The van der Waals surface area contributed by atoms with Crippen molar-refractivity contribution in [2.45, 2.75) is 43.6 Å². The summed E-state index contributed by atoms with van der Waals surface area (Å²) in [6, 6.07) is -2.09. The first-order chi connectivity index (χ1) is 13.1. The molecular weight excluding hydrogens is 410 g/mol. The molecule has 0 aromatic carbocycles. The Hall–Kier alpha value is -1.79. The number of carboxylic acids is 1. The second kappa shape index (κ2) is 7.47. The van der Waals surface area contributed by atoms with Crippen molar-refractivity contribution >= 4 is 23.9 Å². The zero-order valence-corrected chi connectivity index (χ0v) is 17.4. The third kappa shape index (κ3) is 3.73. The van der Waals surface area contributed by atoms with E-state index in [0.717, 1.165) is 17.7 Å². The number of hydrogen-bond donors (Lipinski definition) is 2. The van der Waals surface area contributed by atoms with Crippen molar-refractivity contribution in [2.75, 3.05) is 13.2 Å². The number of nitrogens with one attached hydrogen (secondary N) is 1. The predicted molar refractivity (Wildman–Crippen MR) is 83.6 cm³/mol. The van der Waals surface area contributed by atoms with E-state index in [2.05, 4.69) is 5.32 Å². The summed E-state index contributed by atoms with van der Waals surface area (Å²) in [5.41, 5.74) is -0.254. The molecule has 3 fully saturated rings. The fourth-order valence-electron chi connectivity index (χ4n) is 4.13. The Bertz CT molecular complexity index is 819. The van der Waals surface area contributed by atoms with E-state index in [4.69, 9.17) is 4.74 Å². The van der Waals surface area contributed by atoms with Crippen LogP contribution in [0.25, 0.3) is 0 Å². The van der Waals surface area contributed by atoms with E-state index >= 15 is 0 Å². The quantitative estimate of drug-likeness (QED) is 0.374. The van der Waals surface area contributed by atoms with Crippen LogP contribution in [0.2, 0.25) is 0 Å². The average molecular weight is 427 g/mol. The Kier molecular flexibility index (Phi) is 5.65. The molecule has 3 atom stereocenters. The number of carbonyl (C=O) groups is 4. The molecular formula is C16H17F3N3NaO6. The topological polar surface area (TPSA) is 116 Å². The SMILES string of the molecule is O=C(NC1CC1)OCC1=C(C(=O)O)N2C(=O)[C@@H]3[C@H]2[C@H](C1)CN3C(=O)C(F)(F)F.[H-].[Na+]. The summed E-state index contributed by atoms with van der Waals surface area (Å²) in [7, 11) is 0. The minimum Gasteiger partial charge on any atom is -1.00 e. The van der Waals surface area contributed by atoms with Crippen molar-refractivity contribution in [3.8, 4) is 0 Å². The first kappa shape index (κ1) is 21.9. The molecule has 0 spiro atoms. The van der Waals surface area contributed by atoms with Gasteiger partial charge in [-0.3, -0.25) is 14.5 Å². The molecule has 3 heterocycles. The molecule has 9 nitrogen and oxygen atoms in total. The van der Waals surface area contributed by atoms with E-state index in [-0.39, 0.29) is 61.3 Å². The van der Waals surface area contributed by atoms with Crippen molar-refractivity contribution in [3.63, 3.8) is 0 Å². The van der Waals surface area contributed by atoms with Crippen molar-refractivity contribution in [2.24, 2.45) is 5.92 Å². The van der Waals surface area contributed by atoms with E-state index in [0.29, 0.717) is 4.90 Å². The number of carboxylic acid groups (broad SMARTS) is 1. The van der Waals surface area contributed by atoms with Crippen molar-refractivity contribution in [3.05, 3.63) is 11.3 Å². The molecule has 2 saturated heterocycles. The summed E-state index contributed by atoms with van der Waals surface area (Å²) in [6.07, 6.45) is -4.17. The summed E-state index contributed by atoms with van der Waals surface area (Å²) in [6.45, 7) is -0.717. The van der Waals surface area contributed by atoms with Gasteiger partial charge in [0.1, 0.15) is 18.3 Å². The van der Waals surface area contributed by atoms with Gasteiger partial charge >= 0.3 is 53.7 Å². The van der Waals surface area contributed by atoms with Gasteiger partial charge in [-0.1, -0.05) is 0 Å². The van der Waals surface area contributed by atoms with Crippen LogP contribution in [-0.2, 0) is 19.1 Å². The van der Waals surface area contributed by atoms with E-state index in [9.17, 15) is 37.5 Å². The summed E-state index contributed by atoms with van der Waals surface area (Å²) >= 11 is 0. The number of nitrogens with zero attached hydrogens (tertiary/aromatic N) is 2. The molecule has 1 aliphatic carbocycles. The predicted octanol–water partition coefficient (Wildman–Crippen LogP) is -2.67. The molecule has 29 heavy (non-hydrogen) atoms. The molecule has 2 N–H and O–H groups in total. The number of amides is 3. The Morgan fingerprint density at radius 3 is 2.48 bits per heavy atom. The third-order valence-corrected chi connectivity index (χ3v) is 5.43. The van der Waals surface area contributed by atoms with Crippen molar-refractivity contribution in [1.29, 1.82) is 0 Å². The van der Waals surface area contributed by atoms with Crippen LogP contribution in [0.3, 0.4) is 0 Å². The van der Waals surface area contributed by atoms with E-state index in [1.165, 1.54) is 0 Å². The van der Waals surface area contributed by atoms with Crippen molar-refractivity contribution < 1.29 is 73.2 Å². The first-order valence-corrected chi connectivity index (χ1v) is 8.69. The van der Waals surface area contributed by atoms with Gasteiger partial charge in [0.2, 0.25) is 0 Å². The van der Waals surface area contributed by atoms with Gasteiger partial charge < -0.3 is 21.5 Å². The molecule has 4 aliphatic rings. The largest absolute Gasteiger partial charge is 1.00 e. The molecule has 3 aliphatic heterocycles. The summed E-state index contributed by atoms with van der Waals surface area (Å²) < 4.78 is 43.5. The standard InChI is InChI=1S/C16H16F3N3O6.Na.H/c17-16(18,19)14(26)21-4-6-3-7(5-28-15(27)20-8-1-2-8)10(13(24)25)22-9(6)11(21)12(22)23;;/h6,8-9,11H,1-5H2,(H,20,27)(H,24,25);;/q;+1;-1/t6-,9-,11+;;/m1../s1. The number of likely N-dealkylation sites (tertiary alicyclic amines) is 1. The Labute approximate surface area is 186 Å². The number of ether oxygens (including phenoxy) is 1. The number of alkyl carbamates (subject to hydrolysis) is 1. The number of alkyl halides is 3. The second-order valence-corrected chi connectivity index (χ2v) is 7.32. The summed E-state index contributed by atoms with van der Waals surface area (Å²) in [4.78, 5) is 48.8. The maximum Gasteiger partial charge on any atom is 1.00 e.